The Morgan fingerprint density at radius 3 is 2.33 bits per heavy atom. The predicted molar refractivity (Wildman–Crippen MR) is 121 cm³/mol. The topological polar surface area (TPSA) is 83.2 Å². The maximum absolute atomic E-state index is 5.94. The van der Waals surface area contributed by atoms with Gasteiger partial charge in [-0.25, -0.2) is 0 Å². The molecule has 0 radical (unpaired) electrons. The van der Waals surface area contributed by atoms with E-state index in [1.54, 1.807) is 0 Å². The average Bonchev–Trinajstić information content (AvgIpc) is 2.75. The van der Waals surface area contributed by atoms with Crippen LogP contribution in [-0.4, -0.2) is 57.5 Å². The van der Waals surface area contributed by atoms with Crippen molar-refractivity contribution in [2.45, 2.75) is 19.9 Å². The number of anilines is 3. The number of nitrogens with two attached hydrogens (primary N) is 1. The maximum Gasteiger partial charge on any atom is 0.232 e. The second-order valence-corrected chi connectivity index (χ2v) is 7.73. The lowest BCUT2D eigenvalue weighted by atomic mass is 10.1. The van der Waals surface area contributed by atoms with Crippen LogP contribution in [-0.2, 0) is 13.0 Å². The molecule has 0 unspecified atom stereocenters. The van der Waals surface area contributed by atoms with Gasteiger partial charge in [-0.3, -0.25) is 4.90 Å². The SMILES string of the molecule is Cc1ccccc1Nc1nc(N)nc(CN2CCN(CCc3ccccc3)CC2)n1. The van der Waals surface area contributed by atoms with Crippen molar-refractivity contribution in [3.63, 3.8) is 0 Å². The van der Waals surface area contributed by atoms with Crippen molar-refractivity contribution >= 4 is 17.6 Å². The summed E-state index contributed by atoms with van der Waals surface area (Å²) in [4.78, 5) is 18.1. The van der Waals surface area contributed by atoms with E-state index < -0.39 is 0 Å². The Hall–Kier alpha value is -3.03. The fraction of sp³-hybridized carbons (Fsp3) is 0.348. The number of hydrogen-bond donors (Lipinski definition) is 2. The van der Waals surface area contributed by atoms with Crippen LogP contribution in [0.1, 0.15) is 17.0 Å². The molecule has 4 rings (SSSR count). The number of para-hydroxylation sites is 1. The van der Waals surface area contributed by atoms with E-state index in [0.29, 0.717) is 18.3 Å². The molecular formula is C23H29N7. The number of hydrogen-bond acceptors (Lipinski definition) is 7. The van der Waals surface area contributed by atoms with Crippen molar-refractivity contribution in [3.8, 4) is 0 Å². The highest BCUT2D eigenvalue weighted by atomic mass is 15.3. The second kappa shape index (κ2) is 9.65. The van der Waals surface area contributed by atoms with E-state index in [4.69, 9.17) is 5.73 Å². The highest BCUT2D eigenvalue weighted by molar-refractivity contribution is 5.58. The van der Waals surface area contributed by atoms with E-state index in [2.05, 4.69) is 60.4 Å². The molecule has 0 aliphatic carbocycles. The quantitative estimate of drug-likeness (QED) is 0.628. The molecule has 1 saturated heterocycles. The minimum atomic E-state index is 0.248. The standard InChI is InChI=1S/C23H29N7/c1-18-7-5-6-10-20(18)25-23-27-21(26-22(24)28-23)17-30-15-13-29(14-16-30)12-11-19-8-3-2-4-9-19/h2-10H,11-17H2,1H3,(H3,24,25,26,27,28). The number of piperazine rings is 1. The minimum absolute atomic E-state index is 0.248. The van der Waals surface area contributed by atoms with Gasteiger partial charge in [0.05, 0.1) is 6.54 Å². The van der Waals surface area contributed by atoms with Gasteiger partial charge in [0.1, 0.15) is 5.82 Å². The number of nitrogens with one attached hydrogen (secondary N) is 1. The summed E-state index contributed by atoms with van der Waals surface area (Å²) in [6, 6.07) is 18.7. The third-order valence-electron chi connectivity index (χ3n) is 5.48. The zero-order valence-corrected chi connectivity index (χ0v) is 17.5. The van der Waals surface area contributed by atoms with E-state index in [1.165, 1.54) is 5.56 Å². The molecule has 3 N–H and O–H groups in total. The van der Waals surface area contributed by atoms with Crippen LogP contribution in [0.2, 0.25) is 0 Å². The van der Waals surface area contributed by atoms with Gasteiger partial charge in [0.15, 0.2) is 0 Å². The van der Waals surface area contributed by atoms with E-state index >= 15 is 0 Å². The van der Waals surface area contributed by atoms with Gasteiger partial charge in [0, 0.05) is 38.4 Å². The highest BCUT2D eigenvalue weighted by Crippen LogP contribution is 2.18. The largest absolute Gasteiger partial charge is 0.368 e. The number of rotatable bonds is 7. The molecule has 2 heterocycles. The van der Waals surface area contributed by atoms with Gasteiger partial charge in [-0.15, -0.1) is 0 Å². The zero-order chi connectivity index (χ0) is 20.8. The third kappa shape index (κ3) is 5.52. The molecule has 1 aromatic heterocycles. The number of aryl methyl sites for hydroxylation is 1. The summed E-state index contributed by atoms with van der Waals surface area (Å²) in [5.41, 5.74) is 9.44. The Labute approximate surface area is 178 Å². The Morgan fingerprint density at radius 2 is 1.57 bits per heavy atom. The third-order valence-corrected chi connectivity index (χ3v) is 5.48. The van der Waals surface area contributed by atoms with Crippen molar-refractivity contribution in [3.05, 3.63) is 71.5 Å². The lowest BCUT2D eigenvalue weighted by Gasteiger charge is -2.34. The molecule has 1 aliphatic heterocycles. The maximum atomic E-state index is 5.94. The first-order valence-corrected chi connectivity index (χ1v) is 10.5. The zero-order valence-electron chi connectivity index (χ0n) is 17.5. The van der Waals surface area contributed by atoms with Crippen LogP contribution in [0.3, 0.4) is 0 Å². The van der Waals surface area contributed by atoms with E-state index in [9.17, 15) is 0 Å². The Bertz CT molecular complexity index is 953. The van der Waals surface area contributed by atoms with E-state index in [1.807, 2.05) is 31.2 Å². The van der Waals surface area contributed by atoms with Gasteiger partial charge in [-0.1, -0.05) is 48.5 Å². The van der Waals surface area contributed by atoms with Crippen molar-refractivity contribution in [2.24, 2.45) is 0 Å². The predicted octanol–water partition coefficient (Wildman–Crippen LogP) is 2.87. The molecule has 7 nitrogen and oxygen atoms in total. The van der Waals surface area contributed by atoms with Gasteiger partial charge in [0.25, 0.3) is 0 Å². The Balaban J connectivity index is 1.30. The molecule has 156 valence electrons. The molecule has 30 heavy (non-hydrogen) atoms. The number of nitrogens with zero attached hydrogens (tertiary/aromatic N) is 5. The number of nitrogen functional groups attached to an aromatic ring is 1. The lowest BCUT2D eigenvalue weighted by molar-refractivity contribution is 0.126. The Kier molecular flexibility index (Phi) is 6.51. The van der Waals surface area contributed by atoms with Crippen molar-refractivity contribution in [1.82, 2.24) is 24.8 Å². The number of benzene rings is 2. The van der Waals surface area contributed by atoms with Crippen LogP contribution < -0.4 is 11.1 Å². The molecule has 0 atom stereocenters. The van der Waals surface area contributed by atoms with Crippen LogP contribution in [0.25, 0.3) is 0 Å². The monoisotopic (exact) mass is 403 g/mol. The van der Waals surface area contributed by atoms with Gasteiger partial charge < -0.3 is 16.0 Å². The van der Waals surface area contributed by atoms with E-state index in [-0.39, 0.29) is 5.95 Å². The first-order chi connectivity index (χ1) is 14.7. The summed E-state index contributed by atoms with van der Waals surface area (Å²) in [6.07, 6.45) is 1.10. The molecule has 0 saturated carbocycles. The van der Waals surface area contributed by atoms with Crippen molar-refractivity contribution in [2.75, 3.05) is 43.8 Å². The molecule has 2 aromatic carbocycles. The summed E-state index contributed by atoms with van der Waals surface area (Å²) < 4.78 is 0. The molecule has 7 heteroatoms. The molecule has 3 aromatic rings. The van der Waals surface area contributed by atoms with Gasteiger partial charge in [-0.2, -0.15) is 15.0 Å². The van der Waals surface area contributed by atoms with Crippen LogP contribution >= 0.6 is 0 Å². The summed E-state index contributed by atoms with van der Waals surface area (Å²) in [7, 11) is 0. The summed E-state index contributed by atoms with van der Waals surface area (Å²) >= 11 is 0. The highest BCUT2D eigenvalue weighted by Gasteiger charge is 2.18. The van der Waals surface area contributed by atoms with Gasteiger partial charge in [0.2, 0.25) is 11.9 Å². The fourth-order valence-corrected chi connectivity index (χ4v) is 3.70. The average molecular weight is 404 g/mol. The van der Waals surface area contributed by atoms with Crippen LogP contribution in [0.15, 0.2) is 54.6 Å². The van der Waals surface area contributed by atoms with Gasteiger partial charge >= 0.3 is 0 Å². The molecule has 0 amide bonds. The van der Waals surface area contributed by atoms with Crippen LogP contribution in [0.5, 0.6) is 0 Å². The normalized spacial score (nSPS) is 15.2. The smallest absolute Gasteiger partial charge is 0.232 e. The summed E-state index contributed by atoms with van der Waals surface area (Å²) in [6.45, 7) is 7.94. The molecule has 1 fully saturated rings. The van der Waals surface area contributed by atoms with Crippen LogP contribution in [0.4, 0.5) is 17.6 Å². The minimum Gasteiger partial charge on any atom is -0.368 e. The van der Waals surface area contributed by atoms with E-state index in [0.717, 1.165) is 50.4 Å². The fourth-order valence-electron chi connectivity index (χ4n) is 3.70. The molecule has 0 bridgehead atoms. The van der Waals surface area contributed by atoms with Crippen molar-refractivity contribution < 1.29 is 0 Å². The second-order valence-electron chi connectivity index (χ2n) is 7.73. The molecule has 0 spiro atoms. The molecular weight excluding hydrogens is 374 g/mol. The number of aromatic nitrogens is 3. The first-order valence-electron chi connectivity index (χ1n) is 10.5. The lowest BCUT2D eigenvalue weighted by Crippen LogP contribution is -2.46. The Morgan fingerprint density at radius 1 is 0.867 bits per heavy atom. The molecule has 1 aliphatic rings. The summed E-state index contributed by atoms with van der Waals surface area (Å²) in [5.74, 6) is 1.45. The first kappa shape index (κ1) is 20.3. The van der Waals surface area contributed by atoms with Gasteiger partial charge in [-0.05, 0) is 30.5 Å². The summed E-state index contributed by atoms with van der Waals surface area (Å²) in [5, 5.41) is 3.26. The van der Waals surface area contributed by atoms with Crippen molar-refractivity contribution in [1.29, 1.82) is 0 Å². The van der Waals surface area contributed by atoms with Crippen LogP contribution in [0, 0.1) is 6.92 Å².